The van der Waals surface area contributed by atoms with Gasteiger partial charge < -0.3 is 4.74 Å². The van der Waals surface area contributed by atoms with Crippen LogP contribution in [0.5, 0.6) is 5.75 Å². The molecule has 5 heteroatoms. The molecule has 0 aliphatic heterocycles. The highest BCUT2D eigenvalue weighted by Gasteiger charge is 2.20. The number of nitrogens with zero attached hydrogens (tertiary/aromatic N) is 3. The molecular weight excluding hydrogens is 378 g/mol. The Balaban J connectivity index is 1.87. The van der Waals surface area contributed by atoms with E-state index >= 15 is 0 Å². The number of hydrogen-bond acceptors (Lipinski definition) is 4. The van der Waals surface area contributed by atoms with Gasteiger partial charge in [0.2, 0.25) is 0 Å². The zero-order chi connectivity index (χ0) is 20.5. The summed E-state index contributed by atoms with van der Waals surface area (Å²) in [6.45, 7) is 11.3. The van der Waals surface area contributed by atoms with Gasteiger partial charge in [-0.25, -0.2) is 9.50 Å². The van der Waals surface area contributed by atoms with Gasteiger partial charge in [0.05, 0.1) is 22.9 Å². The van der Waals surface area contributed by atoms with E-state index in [1.54, 1.807) is 0 Å². The number of aromatic nitrogens is 3. The van der Waals surface area contributed by atoms with E-state index in [-0.39, 0.29) is 0 Å². The molecule has 0 atom stereocenters. The van der Waals surface area contributed by atoms with Crippen LogP contribution in [-0.2, 0) is 6.42 Å². The van der Waals surface area contributed by atoms with Crippen molar-refractivity contribution in [2.75, 3.05) is 6.61 Å². The number of rotatable bonds is 7. The van der Waals surface area contributed by atoms with E-state index in [2.05, 4.69) is 56.5 Å². The van der Waals surface area contributed by atoms with Gasteiger partial charge in [0.15, 0.2) is 5.65 Å². The zero-order valence-corrected chi connectivity index (χ0v) is 18.8. The van der Waals surface area contributed by atoms with Crippen molar-refractivity contribution in [2.24, 2.45) is 0 Å². The molecule has 0 radical (unpaired) electrons. The lowest BCUT2D eigenvalue weighted by molar-refractivity contribution is 0.341. The van der Waals surface area contributed by atoms with Crippen molar-refractivity contribution in [2.45, 2.75) is 60.3 Å². The maximum Gasteiger partial charge on any atom is 0.157 e. The summed E-state index contributed by atoms with van der Waals surface area (Å²) in [7, 11) is 0. The molecule has 29 heavy (non-hydrogen) atoms. The van der Waals surface area contributed by atoms with Crippen molar-refractivity contribution in [1.82, 2.24) is 14.6 Å². The summed E-state index contributed by atoms with van der Waals surface area (Å²) < 4.78 is 9.06. The predicted molar refractivity (Wildman–Crippen MR) is 122 cm³/mol. The van der Waals surface area contributed by atoms with Gasteiger partial charge in [-0.1, -0.05) is 19.8 Å². The molecule has 0 bridgehead atoms. The van der Waals surface area contributed by atoms with Crippen molar-refractivity contribution in [3.05, 3.63) is 46.8 Å². The number of imidazole rings is 1. The summed E-state index contributed by atoms with van der Waals surface area (Å²) in [6, 6.07) is 8.57. The number of hydrogen-bond donors (Lipinski definition) is 0. The molecule has 4 nitrogen and oxygen atoms in total. The first-order valence-corrected chi connectivity index (χ1v) is 11.4. The van der Waals surface area contributed by atoms with Gasteiger partial charge in [0, 0.05) is 4.70 Å². The lowest BCUT2D eigenvalue weighted by Crippen LogP contribution is -2.01. The Hall–Kier alpha value is -2.40. The first-order chi connectivity index (χ1) is 14.0. The Labute approximate surface area is 176 Å². The van der Waals surface area contributed by atoms with Crippen LogP contribution >= 0.6 is 11.3 Å². The molecule has 0 saturated heterocycles. The van der Waals surface area contributed by atoms with Gasteiger partial charge in [-0.05, 0) is 81.3 Å². The fourth-order valence-electron chi connectivity index (χ4n) is 4.02. The van der Waals surface area contributed by atoms with Crippen molar-refractivity contribution in [1.29, 1.82) is 0 Å². The van der Waals surface area contributed by atoms with E-state index in [1.807, 2.05) is 18.3 Å². The molecule has 0 amide bonds. The summed E-state index contributed by atoms with van der Waals surface area (Å²) in [6.07, 6.45) is 4.72. The number of benzene rings is 1. The first-order valence-electron chi connectivity index (χ1n) is 10.6. The van der Waals surface area contributed by atoms with Gasteiger partial charge in [-0.15, -0.1) is 11.3 Å². The minimum absolute atomic E-state index is 0.678. The molecule has 3 aromatic heterocycles. The highest BCUT2D eigenvalue weighted by molar-refractivity contribution is 7.22. The lowest BCUT2D eigenvalue weighted by atomic mass is 10.1. The molecule has 0 aliphatic rings. The molecule has 0 unspecified atom stereocenters. The Bertz CT molecular complexity index is 1170. The third-order valence-electron chi connectivity index (χ3n) is 5.44. The van der Waals surface area contributed by atoms with Crippen LogP contribution in [0, 0.1) is 20.8 Å². The van der Waals surface area contributed by atoms with E-state index in [1.165, 1.54) is 45.4 Å². The first kappa shape index (κ1) is 19.9. The third kappa shape index (κ3) is 3.64. The van der Waals surface area contributed by atoms with Crippen molar-refractivity contribution in [3.8, 4) is 16.3 Å². The maximum absolute atomic E-state index is 5.72. The molecular formula is C24H29N3OS. The fraction of sp³-hybridized carbons (Fsp3) is 0.417. The average Bonchev–Trinajstić information content (AvgIpc) is 3.18. The third-order valence-corrected chi connectivity index (χ3v) is 6.72. The van der Waals surface area contributed by atoms with Crippen LogP contribution in [0.1, 0.15) is 55.6 Å². The number of aryl methyl sites for hydroxylation is 4. The quantitative estimate of drug-likeness (QED) is 0.321. The van der Waals surface area contributed by atoms with Crippen LogP contribution in [0.15, 0.2) is 24.3 Å². The zero-order valence-electron chi connectivity index (χ0n) is 18.0. The van der Waals surface area contributed by atoms with Gasteiger partial charge in [0.25, 0.3) is 0 Å². The largest absolute Gasteiger partial charge is 0.494 e. The summed E-state index contributed by atoms with van der Waals surface area (Å²) in [5.41, 5.74) is 6.78. The second-order valence-electron chi connectivity index (χ2n) is 7.70. The summed E-state index contributed by atoms with van der Waals surface area (Å²) in [5, 5.41) is 6.11. The summed E-state index contributed by atoms with van der Waals surface area (Å²) >= 11 is 1.81. The molecule has 0 spiro atoms. The average molecular weight is 408 g/mol. The lowest BCUT2D eigenvalue weighted by Gasteiger charge is -2.07. The number of ether oxygens (including phenoxy) is 1. The second-order valence-corrected chi connectivity index (χ2v) is 8.75. The van der Waals surface area contributed by atoms with Crippen molar-refractivity contribution in [3.63, 3.8) is 0 Å². The van der Waals surface area contributed by atoms with E-state index in [0.29, 0.717) is 6.61 Å². The molecule has 152 valence electrons. The summed E-state index contributed by atoms with van der Waals surface area (Å²) in [5.74, 6) is 0.925. The maximum atomic E-state index is 5.72. The highest BCUT2D eigenvalue weighted by atomic mass is 32.1. The van der Waals surface area contributed by atoms with Crippen LogP contribution in [-0.4, -0.2) is 21.2 Å². The van der Waals surface area contributed by atoms with Gasteiger partial charge in [-0.2, -0.15) is 5.10 Å². The Morgan fingerprint density at radius 1 is 1.07 bits per heavy atom. The SMILES string of the molecule is CCCCCc1cc(C)nn2c(-c3sc4ccc(OCC)cc4c3C)c(C)nc12. The second kappa shape index (κ2) is 8.15. The monoisotopic (exact) mass is 407 g/mol. The fourth-order valence-corrected chi connectivity index (χ4v) is 5.29. The minimum Gasteiger partial charge on any atom is -0.494 e. The van der Waals surface area contributed by atoms with E-state index in [4.69, 9.17) is 14.8 Å². The van der Waals surface area contributed by atoms with E-state index in [9.17, 15) is 0 Å². The molecule has 4 aromatic rings. The smallest absolute Gasteiger partial charge is 0.157 e. The molecule has 0 saturated carbocycles. The summed E-state index contributed by atoms with van der Waals surface area (Å²) in [4.78, 5) is 6.20. The van der Waals surface area contributed by atoms with E-state index in [0.717, 1.165) is 34.9 Å². The topological polar surface area (TPSA) is 39.4 Å². The van der Waals surface area contributed by atoms with Crippen LogP contribution in [0.4, 0.5) is 0 Å². The molecule has 0 aliphatic carbocycles. The molecule has 4 rings (SSSR count). The van der Waals surface area contributed by atoms with Crippen LogP contribution in [0.3, 0.4) is 0 Å². The molecule has 3 heterocycles. The van der Waals surface area contributed by atoms with Gasteiger partial charge >= 0.3 is 0 Å². The Kier molecular flexibility index (Phi) is 5.59. The molecule has 1 aromatic carbocycles. The van der Waals surface area contributed by atoms with Crippen LogP contribution in [0.25, 0.3) is 26.3 Å². The normalized spacial score (nSPS) is 11.6. The van der Waals surface area contributed by atoms with Crippen LogP contribution in [0.2, 0.25) is 0 Å². The van der Waals surface area contributed by atoms with Gasteiger partial charge in [0.1, 0.15) is 11.4 Å². The molecule has 0 N–H and O–H groups in total. The van der Waals surface area contributed by atoms with Crippen molar-refractivity contribution < 1.29 is 4.74 Å². The van der Waals surface area contributed by atoms with Crippen molar-refractivity contribution >= 4 is 27.1 Å². The highest BCUT2D eigenvalue weighted by Crippen LogP contribution is 2.41. The van der Waals surface area contributed by atoms with Crippen LogP contribution < -0.4 is 4.74 Å². The molecule has 0 fully saturated rings. The van der Waals surface area contributed by atoms with E-state index < -0.39 is 0 Å². The number of fused-ring (bicyclic) bond motifs is 2. The minimum atomic E-state index is 0.678. The standard InChI is InChI=1S/C24H29N3OS/c1-6-8-9-10-18-13-15(3)26-27-22(17(5)25-24(18)27)23-16(4)20-14-19(28-7-2)11-12-21(20)29-23/h11-14H,6-10H2,1-5H3. The number of unbranched alkanes of at least 4 members (excludes halogenated alkanes) is 2. The number of thiophene rings is 1. The Morgan fingerprint density at radius 3 is 2.66 bits per heavy atom. The Morgan fingerprint density at radius 2 is 1.90 bits per heavy atom. The predicted octanol–water partition coefficient (Wildman–Crippen LogP) is 6.67. The van der Waals surface area contributed by atoms with Gasteiger partial charge in [-0.3, -0.25) is 0 Å².